The first-order chi connectivity index (χ1) is 14.5. The Balaban J connectivity index is 1.69. The summed E-state index contributed by atoms with van der Waals surface area (Å²) in [5.74, 6) is 2.71. The molecule has 3 heteroatoms. The van der Waals surface area contributed by atoms with Gasteiger partial charge in [-0.2, -0.15) is 0 Å². The molecule has 0 aliphatic carbocycles. The maximum Gasteiger partial charge on any atom is 0.137 e. The molecule has 0 atom stereocenters. The molecule has 0 saturated heterocycles. The predicted octanol–water partition coefficient (Wildman–Crippen LogP) is 6.71. The molecule has 0 bridgehead atoms. The van der Waals surface area contributed by atoms with Crippen molar-refractivity contribution in [3.8, 4) is 17.2 Å². The molecule has 4 rings (SSSR count). The number of allylic oxidation sites excluding steroid dienone is 1. The zero-order valence-corrected chi connectivity index (χ0v) is 18.2. The minimum atomic E-state index is -0.293. The van der Waals surface area contributed by atoms with Crippen molar-refractivity contribution in [2.75, 3.05) is 13.2 Å². The first kappa shape index (κ1) is 20.3. The lowest BCUT2D eigenvalue weighted by Crippen LogP contribution is -2.27. The van der Waals surface area contributed by atoms with Crippen LogP contribution in [0, 0.1) is 0 Å². The van der Waals surface area contributed by atoms with Gasteiger partial charge in [-0.05, 0) is 92.3 Å². The van der Waals surface area contributed by atoms with E-state index >= 15 is 0 Å². The Bertz CT molecular complexity index is 1010. The van der Waals surface area contributed by atoms with Gasteiger partial charge < -0.3 is 14.2 Å². The van der Waals surface area contributed by atoms with Crippen LogP contribution in [-0.2, 0) is 6.42 Å². The van der Waals surface area contributed by atoms with Crippen LogP contribution in [0.3, 0.4) is 0 Å². The fraction of sp³-hybridized carbons (Fsp3) is 0.333. The third kappa shape index (κ3) is 4.16. The Morgan fingerprint density at radius 2 is 2.07 bits per heavy atom. The van der Waals surface area contributed by atoms with E-state index in [1.807, 2.05) is 12.1 Å². The van der Waals surface area contributed by atoms with Crippen molar-refractivity contribution in [1.29, 1.82) is 0 Å². The highest BCUT2D eigenvalue weighted by Gasteiger charge is 2.26. The zero-order chi connectivity index (χ0) is 21.1. The van der Waals surface area contributed by atoms with E-state index in [1.165, 1.54) is 16.7 Å². The molecule has 0 aromatic heterocycles. The van der Waals surface area contributed by atoms with E-state index in [0.29, 0.717) is 6.61 Å². The van der Waals surface area contributed by atoms with E-state index in [0.717, 1.165) is 54.2 Å². The Hall–Kier alpha value is -2.94. The molecule has 156 valence electrons. The third-order valence-corrected chi connectivity index (χ3v) is 5.43. The van der Waals surface area contributed by atoms with E-state index in [2.05, 4.69) is 69.8 Å². The van der Waals surface area contributed by atoms with E-state index in [9.17, 15) is 0 Å². The van der Waals surface area contributed by atoms with Crippen LogP contribution in [0.5, 0.6) is 17.2 Å². The highest BCUT2D eigenvalue weighted by molar-refractivity contribution is 5.89. The van der Waals surface area contributed by atoms with Gasteiger partial charge in [0.1, 0.15) is 29.5 Å². The summed E-state index contributed by atoms with van der Waals surface area (Å²) in [6.45, 7) is 11.4. The van der Waals surface area contributed by atoms with Crippen LogP contribution < -0.4 is 14.2 Å². The largest absolute Gasteiger partial charge is 0.494 e. The van der Waals surface area contributed by atoms with Gasteiger partial charge in [0.15, 0.2) is 0 Å². The van der Waals surface area contributed by atoms with Gasteiger partial charge in [-0.25, -0.2) is 0 Å². The number of hydrogen-bond acceptors (Lipinski definition) is 3. The summed E-state index contributed by atoms with van der Waals surface area (Å²) in [5.41, 5.74) is 5.49. The molecular weight excluding hydrogens is 372 g/mol. The van der Waals surface area contributed by atoms with Crippen LogP contribution in [0.25, 0.3) is 17.7 Å². The average Bonchev–Trinajstić information content (AvgIpc) is 2.75. The minimum Gasteiger partial charge on any atom is -0.494 e. The molecule has 0 amide bonds. The van der Waals surface area contributed by atoms with Gasteiger partial charge in [-0.3, -0.25) is 0 Å². The number of hydrogen-bond donors (Lipinski definition) is 0. The van der Waals surface area contributed by atoms with Crippen molar-refractivity contribution in [3.05, 3.63) is 71.3 Å². The molecule has 0 spiro atoms. The Kier molecular flexibility index (Phi) is 5.72. The molecule has 0 fully saturated rings. The van der Waals surface area contributed by atoms with Crippen molar-refractivity contribution in [3.63, 3.8) is 0 Å². The molecule has 2 aliphatic rings. The van der Waals surface area contributed by atoms with Gasteiger partial charge in [-0.15, -0.1) is 6.58 Å². The fourth-order valence-corrected chi connectivity index (χ4v) is 3.91. The Labute approximate surface area is 179 Å². The minimum absolute atomic E-state index is 0.293. The van der Waals surface area contributed by atoms with Gasteiger partial charge in [0, 0.05) is 5.56 Å². The molecular formula is C27H30O3. The number of fused-ring (bicyclic) bond motifs is 3. The summed E-state index contributed by atoms with van der Waals surface area (Å²) < 4.78 is 18.2. The van der Waals surface area contributed by atoms with Crippen LogP contribution in [0.15, 0.2) is 49.1 Å². The van der Waals surface area contributed by atoms with E-state index in [1.54, 1.807) is 0 Å². The topological polar surface area (TPSA) is 27.7 Å². The molecule has 30 heavy (non-hydrogen) atoms. The van der Waals surface area contributed by atoms with Gasteiger partial charge in [0.25, 0.3) is 0 Å². The fourth-order valence-electron chi connectivity index (χ4n) is 3.91. The van der Waals surface area contributed by atoms with Crippen molar-refractivity contribution < 1.29 is 14.2 Å². The molecule has 0 N–H and O–H groups in total. The number of aryl methyl sites for hydroxylation is 1. The summed E-state index contributed by atoms with van der Waals surface area (Å²) in [5, 5.41) is 0. The predicted molar refractivity (Wildman–Crippen MR) is 124 cm³/mol. The van der Waals surface area contributed by atoms with E-state index in [4.69, 9.17) is 14.2 Å². The highest BCUT2D eigenvalue weighted by Crippen LogP contribution is 2.43. The molecule has 3 nitrogen and oxygen atoms in total. The van der Waals surface area contributed by atoms with Crippen molar-refractivity contribution in [2.24, 2.45) is 0 Å². The second kappa shape index (κ2) is 8.43. The van der Waals surface area contributed by atoms with Crippen LogP contribution in [0.2, 0.25) is 0 Å². The number of benzene rings is 2. The van der Waals surface area contributed by atoms with Crippen molar-refractivity contribution in [1.82, 2.24) is 0 Å². The van der Waals surface area contributed by atoms with E-state index in [-0.39, 0.29) is 5.60 Å². The van der Waals surface area contributed by atoms with Crippen molar-refractivity contribution >= 4 is 17.7 Å². The molecule has 0 radical (unpaired) electrons. The van der Waals surface area contributed by atoms with Crippen LogP contribution >= 0.6 is 0 Å². The molecule has 2 aliphatic heterocycles. The molecule has 2 aromatic rings. The maximum absolute atomic E-state index is 6.26. The molecule has 2 heterocycles. The van der Waals surface area contributed by atoms with Gasteiger partial charge in [0.2, 0.25) is 0 Å². The normalized spacial score (nSPS) is 15.9. The highest BCUT2D eigenvalue weighted by atomic mass is 16.5. The standard InChI is InChI=1S/C27H30O3/c1-5-7-8-19-17-22(28-15-6-2)10-11-23(19)21-16-20-9-12-25-24(26(20)29-18-21)13-14-27(3,4)30-25/h5,9-14,16-17H,1,6-8,15,18H2,2-4H3. The lowest BCUT2D eigenvalue weighted by molar-refractivity contribution is 0.158. The van der Waals surface area contributed by atoms with Gasteiger partial charge >= 0.3 is 0 Å². The first-order valence-corrected chi connectivity index (χ1v) is 10.8. The first-order valence-electron chi connectivity index (χ1n) is 10.8. The summed E-state index contributed by atoms with van der Waals surface area (Å²) >= 11 is 0. The number of rotatable bonds is 7. The van der Waals surface area contributed by atoms with E-state index < -0.39 is 0 Å². The summed E-state index contributed by atoms with van der Waals surface area (Å²) in [4.78, 5) is 0. The Morgan fingerprint density at radius 3 is 2.87 bits per heavy atom. The number of ether oxygens (including phenoxy) is 3. The summed E-state index contributed by atoms with van der Waals surface area (Å²) in [7, 11) is 0. The molecule has 2 aromatic carbocycles. The van der Waals surface area contributed by atoms with Crippen molar-refractivity contribution in [2.45, 2.75) is 45.6 Å². The molecule has 0 unspecified atom stereocenters. The second-order valence-electron chi connectivity index (χ2n) is 8.39. The van der Waals surface area contributed by atoms with Gasteiger partial charge in [0.05, 0.1) is 12.2 Å². The average molecular weight is 403 g/mol. The van der Waals surface area contributed by atoms with Crippen LogP contribution in [0.1, 0.15) is 55.9 Å². The lowest BCUT2D eigenvalue weighted by Gasteiger charge is -2.30. The quantitative estimate of drug-likeness (QED) is 0.482. The second-order valence-corrected chi connectivity index (χ2v) is 8.39. The zero-order valence-electron chi connectivity index (χ0n) is 18.2. The van der Waals surface area contributed by atoms with Gasteiger partial charge in [-0.1, -0.05) is 19.1 Å². The smallest absolute Gasteiger partial charge is 0.137 e. The molecule has 0 saturated carbocycles. The lowest BCUT2D eigenvalue weighted by atomic mass is 9.92. The third-order valence-electron chi connectivity index (χ3n) is 5.43. The summed E-state index contributed by atoms with van der Waals surface area (Å²) in [6.07, 6.45) is 11.3. The summed E-state index contributed by atoms with van der Waals surface area (Å²) in [6, 6.07) is 10.5. The van der Waals surface area contributed by atoms with Crippen LogP contribution in [-0.4, -0.2) is 18.8 Å². The maximum atomic E-state index is 6.26. The monoisotopic (exact) mass is 402 g/mol. The Morgan fingerprint density at radius 1 is 1.20 bits per heavy atom. The van der Waals surface area contributed by atoms with Crippen LogP contribution in [0.4, 0.5) is 0 Å². The SMILES string of the molecule is C=CCCc1cc(OCCC)ccc1C1=Cc2ccc3c(c2OC1)C=CC(C)(C)O3.